The number of ether oxygens (including phenoxy) is 1. The maximum atomic E-state index is 13.6. The van der Waals surface area contributed by atoms with Gasteiger partial charge in [0, 0.05) is 28.2 Å². The number of nitrogens with one attached hydrogen (secondary N) is 1. The fourth-order valence-corrected chi connectivity index (χ4v) is 1.97. The number of para-hydroxylation sites is 1. The van der Waals surface area contributed by atoms with Crippen LogP contribution in [0.2, 0.25) is 0 Å². The topological polar surface area (TPSA) is 83.5 Å². The van der Waals surface area contributed by atoms with Gasteiger partial charge in [-0.15, -0.1) is 0 Å². The average Bonchev–Trinajstić information content (AvgIpc) is 2.61. The zero-order valence-corrected chi connectivity index (χ0v) is 15.5. The van der Waals surface area contributed by atoms with Crippen molar-refractivity contribution in [2.24, 2.45) is 0 Å². The fourth-order valence-electron chi connectivity index (χ4n) is 1.97. The van der Waals surface area contributed by atoms with E-state index in [1.54, 1.807) is 28.9 Å². The summed E-state index contributed by atoms with van der Waals surface area (Å²) in [5.74, 6) is 0.508. The van der Waals surface area contributed by atoms with Gasteiger partial charge in [-0.3, -0.25) is 4.79 Å². The van der Waals surface area contributed by atoms with E-state index in [4.69, 9.17) is 4.74 Å². The van der Waals surface area contributed by atoms with Crippen LogP contribution in [-0.2, 0) is 11.3 Å². The lowest BCUT2D eigenvalue weighted by molar-refractivity contribution is -0.127. The van der Waals surface area contributed by atoms with E-state index in [-0.39, 0.29) is 12.3 Å². The number of carbonyl (C=O) groups is 1. The van der Waals surface area contributed by atoms with Crippen molar-refractivity contribution in [2.75, 3.05) is 38.0 Å². The first kappa shape index (κ1) is 19.4. The lowest BCUT2D eigenvalue weighted by Crippen LogP contribution is -2.36. The summed E-state index contributed by atoms with van der Waals surface area (Å²) in [7, 11) is 7.28. The molecule has 1 aromatic heterocycles. The Labute approximate surface area is 152 Å². The molecule has 0 aliphatic carbocycles. The first-order valence-electron chi connectivity index (χ1n) is 8.06. The minimum atomic E-state index is -0.865. The fraction of sp³-hybridized carbons (Fsp3) is 0.412. The zero-order chi connectivity index (χ0) is 19.3. The summed E-state index contributed by atoms with van der Waals surface area (Å²) in [6.45, 7) is 1.65. The van der Waals surface area contributed by atoms with Crippen molar-refractivity contribution in [1.29, 1.82) is 0 Å². The molecule has 2 rings (SSSR count). The highest BCUT2D eigenvalue weighted by molar-refractivity contribution is 5.80. The first-order chi connectivity index (χ1) is 12.3. The Morgan fingerprint density at radius 1 is 1.12 bits per heavy atom. The van der Waals surface area contributed by atoms with E-state index in [2.05, 4.69) is 20.3 Å². The van der Waals surface area contributed by atoms with E-state index in [1.165, 1.54) is 12.1 Å². The molecule has 1 aromatic carbocycles. The van der Waals surface area contributed by atoms with Gasteiger partial charge in [0.1, 0.15) is 0 Å². The van der Waals surface area contributed by atoms with Gasteiger partial charge in [0.05, 0.1) is 6.54 Å². The van der Waals surface area contributed by atoms with E-state index in [0.29, 0.717) is 17.7 Å². The van der Waals surface area contributed by atoms with Crippen molar-refractivity contribution in [1.82, 2.24) is 20.3 Å². The third kappa shape index (κ3) is 5.01. The van der Waals surface area contributed by atoms with Gasteiger partial charge in [-0.25, -0.2) is 4.39 Å². The molecule has 26 heavy (non-hydrogen) atoms. The van der Waals surface area contributed by atoms with Crippen LogP contribution in [0.15, 0.2) is 24.3 Å². The molecule has 1 amide bonds. The van der Waals surface area contributed by atoms with Crippen molar-refractivity contribution in [3.63, 3.8) is 0 Å². The van der Waals surface area contributed by atoms with Gasteiger partial charge in [0.15, 0.2) is 23.5 Å². The number of hydrogen-bond donors (Lipinski definition) is 1. The molecule has 2 aromatic rings. The van der Waals surface area contributed by atoms with Gasteiger partial charge in [0.25, 0.3) is 5.91 Å². The zero-order valence-electron chi connectivity index (χ0n) is 15.5. The van der Waals surface area contributed by atoms with Crippen LogP contribution in [0.25, 0.3) is 0 Å². The molecule has 1 heterocycles. The molecule has 0 saturated carbocycles. The maximum Gasteiger partial charge on any atom is 0.261 e. The minimum Gasteiger partial charge on any atom is -0.478 e. The van der Waals surface area contributed by atoms with Crippen LogP contribution in [0.3, 0.4) is 0 Å². The highest BCUT2D eigenvalue weighted by atomic mass is 19.1. The molecule has 1 atom stereocenters. The second-order valence-electron chi connectivity index (χ2n) is 6.05. The van der Waals surface area contributed by atoms with Gasteiger partial charge in [-0.2, -0.15) is 15.0 Å². The predicted molar refractivity (Wildman–Crippen MR) is 96.8 cm³/mol. The van der Waals surface area contributed by atoms with Gasteiger partial charge < -0.3 is 19.9 Å². The van der Waals surface area contributed by atoms with Crippen molar-refractivity contribution in [3.05, 3.63) is 35.9 Å². The normalized spacial score (nSPS) is 11.6. The third-order valence-electron chi connectivity index (χ3n) is 3.39. The van der Waals surface area contributed by atoms with E-state index in [1.807, 2.05) is 28.2 Å². The molecular weight excluding hydrogens is 339 g/mol. The van der Waals surface area contributed by atoms with Crippen LogP contribution in [0, 0.1) is 5.82 Å². The SMILES string of the molecule is CC(Oc1ccccc1F)C(=O)NCc1nc(N(C)C)nc(N(C)C)n1. The average molecular weight is 362 g/mol. The van der Waals surface area contributed by atoms with Crippen LogP contribution < -0.4 is 19.9 Å². The van der Waals surface area contributed by atoms with E-state index >= 15 is 0 Å². The van der Waals surface area contributed by atoms with E-state index in [9.17, 15) is 9.18 Å². The van der Waals surface area contributed by atoms with Gasteiger partial charge >= 0.3 is 0 Å². The van der Waals surface area contributed by atoms with Gasteiger partial charge in [-0.05, 0) is 19.1 Å². The summed E-state index contributed by atoms with van der Waals surface area (Å²) in [6, 6.07) is 5.94. The maximum absolute atomic E-state index is 13.6. The highest BCUT2D eigenvalue weighted by Gasteiger charge is 2.17. The Morgan fingerprint density at radius 2 is 1.69 bits per heavy atom. The second kappa shape index (κ2) is 8.41. The van der Waals surface area contributed by atoms with Crippen LogP contribution in [-0.4, -0.2) is 55.2 Å². The minimum absolute atomic E-state index is 0.0279. The summed E-state index contributed by atoms with van der Waals surface area (Å²) in [4.78, 5) is 28.6. The number of halogens is 1. The monoisotopic (exact) mass is 362 g/mol. The van der Waals surface area contributed by atoms with Crippen LogP contribution >= 0.6 is 0 Å². The van der Waals surface area contributed by atoms with Crippen molar-refractivity contribution < 1.29 is 13.9 Å². The quantitative estimate of drug-likeness (QED) is 0.793. The largest absolute Gasteiger partial charge is 0.478 e. The van der Waals surface area contributed by atoms with Crippen molar-refractivity contribution in [3.8, 4) is 5.75 Å². The summed E-state index contributed by atoms with van der Waals surface area (Å²) in [5, 5.41) is 2.69. The van der Waals surface area contributed by atoms with Crippen LogP contribution in [0.1, 0.15) is 12.7 Å². The summed E-state index contributed by atoms with van der Waals surface area (Å²) < 4.78 is 19.0. The standard InChI is InChI=1S/C17H23FN6O2/c1-11(26-13-9-7-6-8-12(13)18)15(25)19-10-14-20-16(23(2)3)22-17(21-14)24(4)5/h6-9,11H,10H2,1-5H3,(H,19,25). The lowest BCUT2D eigenvalue weighted by Gasteiger charge is -2.17. The number of hydrogen-bond acceptors (Lipinski definition) is 7. The molecular formula is C17H23FN6O2. The van der Waals surface area contributed by atoms with E-state index in [0.717, 1.165) is 0 Å². The number of nitrogens with zero attached hydrogens (tertiary/aromatic N) is 5. The molecule has 0 fully saturated rings. The van der Waals surface area contributed by atoms with Crippen LogP contribution in [0.4, 0.5) is 16.3 Å². The molecule has 0 aliphatic rings. The Morgan fingerprint density at radius 3 is 2.23 bits per heavy atom. The molecule has 1 unspecified atom stereocenters. The van der Waals surface area contributed by atoms with Crippen LogP contribution in [0.5, 0.6) is 5.75 Å². The number of rotatable bonds is 7. The Hall–Kier alpha value is -2.97. The summed E-state index contributed by atoms with van der Waals surface area (Å²) in [5.41, 5.74) is 0. The Balaban J connectivity index is 2.03. The van der Waals surface area contributed by atoms with E-state index < -0.39 is 17.8 Å². The number of anilines is 2. The predicted octanol–water partition coefficient (Wildman–Crippen LogP) is 1.23. The Bertz CT molecular complexity index is 742. The molecule has 8 nitrogen and oxygen atoms in total. The van der Waals surface area contributed by atoms with Gasteiger partial charge in [0.2, 0.25) is 11.9 Å². The molecule has 0 spiro atoms. The lowest BCUT2D eigenvalue weighted by atomic mass is 10.3. The first-order valence-corrected chi connectivity index (χ1v) is 8.06. The molecule has 9 heteroatoms. The number of benzene rings is 1. The Kier molecular flexibility index (Phi) is 6.26. The summed E-state index contributed by atoms with van der Waals surface area (Å²) >= 11 is 0. The molecule has 0 radical (unpaired) electrons. The van der Waals surface area contributed by atoms with Crippen molar-refractivity contribution >= 4 is 17.8 Å². The molecule has 0 saturated heterocycles. The number of amides is 1. The molecule has 0 bridgehead atoms. The second-order valence-corrected chi connectivity index (χ2v) is 6.05. The molecule has 0 aliphatic heterocycles. The molecule has 140 valence electrons. The smallest absolute Gasteiger partial charge is 0.261 e. The summed E-state index contributed by atoms with van der Waals surface area (Å²) in [6.07, 6.45) is -0.865. The highest BCUT2D eigenvalue weighted by Crippen LogP contribution is 2.17. The van der Waals surface area contributed by atoms with Crippen molar-refractivity contribution in [2.45, 2.75) is 19.6 Å². The molecule has 1 N–H and O–H groups in total. The number of aromatic nitrogens is 3. The third-order valence-corrected chi connectivity index (χ3v) is 3.39. The van der Waals surface area contributed by atoms with Gasteiger partial charge in [-0.1, -0.05) is 12.1 Å². The number of carbonyl (C=O) groups excluding carboxylic acids is 1.